The fourth-order valence-electron chi connectivity index (χ4n) is 1.05. The summed E-state index contributed by atoms with van der Waals surface area (Å²) in [6, 6.07) is 3.28. The van der Waals surface area contributed by atoms with Crippen LogP contribution in [0.25, 0.3) is 0 Å². The molecule has 1 aromatic rings. The van der Waals surface area contributed by atoms with Crippen molar-refractivity contribution in [2.24, 2.45) is 5.73 Å². The van der Waals surface area contributed by atoms with Crippen molar-refractivity contribution in [2.45, 2.75) is 19.9 Å². The smallest absolute Gasteiger partial charge is 0.248 e. The van der Waals surface area contributed by atoms with E-state index in [2.05, 4.69) is 4.98 Å². The highest BCUT2D eigenvalue weighted by Gasteiger charge is 1.97. The van der Waals surface area contributed by atoms with Gasteiger partial charge in [0.25, 0.3) is 0 Å². The van der Waals surface area contributed by atoms with Gasteiger partial charge in [-0.15, -0.1) is 0 Å². The number of hydrogen-bond acceptors (Lipinski definition) is 2. The number of aromatic nitrogens is 1. The molecule has 0 aliphatic rings. The topological polar surface area (TPSA) is 58.9 Å². The first kappa shape index (κ1) is 8.01. The van der Waals surface area contributed by atoms with Gasteiger partial charge in [0.1, 0.15) is 0 Å². The van der Waals surface area contributed by atoms with Gasteiger partial charge in [0.2, 0.25) is 5.56 Å². The number of aryl methyl sites for hydroxylation is 1. The molecule has 0 unspecified atom stereocenters. The van der Waals surface area contributed by atoms with Crippen LogP contribution in [-0.4, -0.2) is 4.98 Å². The first-order chi connectivity index (χ1) is 5.27. The third kappa shape index (κ3) is 1.68. The molecular weight excluding hydrogens is 140 g/mol. The minimum absolute atomic E-state index is 0.0564. The van der Waals surface area contributed by atoms with Crippen molar-refractivity contribution in [3.8, 4) is 0 Å². The lowest BCUT2D eigenvalue weighted by molar-refractivity contribution is 0.931. The second kappa shape index (κ2) is 3.34. The summed E-state index contributed by atoms with van der Waals surface area (Å²) in [4.78, 5) is 13.6. The molecule has 0 amide bonds. The van der Waals surface area contributed by atoms with Gasteiger partial charge in [-0.1, -0.05) is 13.0 Å². The standard InChI is InChI=1S/C8H12N2O/c1-2-7-6(5-9)3-4-8(11)10-7/h3-4H,2,5,9H2,1H3,(H,10,11). The Bertz CT molecular complexity index is 290. The van der Waals surface area contributed by atoms with E-state index >= 15 is 0 Å². The highest BCUT2D eigenvalue weighted by molar-refractivity contribution is 5.19. The molecule has 0 saturated heterocycles. The van der Waals surface area contributed by atoms with Gasteiger partial charge in [0.15, 0.2) is 0 Å². The van der Waals surface area contributed by atoms with Crippen molar-refractivity contribution in [3.63, 3.8) is 0 Å². The van der Waals surface area contributed by atoms with Crippen LogP contribution in [0.5, 0.6) is 0 Å². The molecule has 1 aromatic heterocycles. The van der Waals surface area contributed by atoms with Gasteiger partial charge in [-0.3, -0.25) is 4.79 Å². The summed E-state index contributed by atoms with van der Waals surface area (Å²) in [7, 11) is 0. The monoisotopic (exact) mass is 152 g/mol. The number of H-pyrrole nitrogens is 1. The molecule has 0 fully saturated rings. The average Bonchev–Trinajstić information content (AvgIpc) is 2.04. The Morgan fingerprint density at radius 1 is 1.55 bits per heavy atom. The Morgan fingerprint density at radius 2 is 2.27 bits per heavy atom. The van der Waals surface area contributed by atoms with Gasteiger partial charge in [-0.2, -0.15) is 0 Å². The Labute approximate surface area is 65.2 Å². The quantitative estimate of drug-likeness (QED) is 0.644. The zero-order chi connectivity index (χ0) is 8.27. The maximum Gasteiger partial charge on any atom is 0.248 e. The van der Waals surface area contributed by atoms with Crippen LogP contribution < -0.4 is 11.3 Å². The summed E-state index contributed by atoms with van der Waals surface area (Å²) in [5, 5.41) is 0. The molecule has 3 nitrogen and oxygen atoms in total. The van der Waals surface area contributed by atoms with Crippen LogP contribution >= 0.6 is 0 Å². The maximum atomic E-state index is 10.8. The highest BCUT2D eigenvalue weighted by atomic mass is 16.1. The van der Waals surface area contributed by atoms with E-state index in [-0.39, 0.29) is 5.56 Å². The van der Waals surface area contributed by atoms with E-state index in [1.165, 1.54) is 6.07 Å². The van der Waals surface area contributed by atoms with Gasteiger partial charge >= 0.3 is 0 Å². The third-order valence-electron chi connectivity index (χ3n) is 1.67. The normalized spacial score (nSPS) is 10.0. The predicted octanol–water partition coefficient (Wildman–Crippen LogP) is 0.396. The van der Waals surface area contributed by atoms with E-state index in [0.717, 1.165) is 17.7 Å². The van der Waals surface area contributed by atoms with Crippen LogP contribution in [0.4, 0.5) is 0 Å². The maximum absolute atomic E-state index is 10.8. The molecule has 0 spiro atoms. The fraction of sp³-hybridized carbons (Fsp3) is 0.375. The number of hydrogen-bond donors (Lipinski definition) is 2. The van der Waals surface area contributed by atoms with E-state index in [9.17, 15) is 4.79 Å². The molecule has 0 aliphatic carbocycles. The molecule has 0 aliphatic heterocycles. The summed E-state index contributed by atoms with van der Waals surface area (Å²) in [6.07, 6.45) is 0.822. The van der Waals surface area contributed by atoms with Gasteiger partial charge in [-0.05, 0) is 12.0 Å². The largest absolute Gasteiger partial charge is 0.326 e. The van der Waals surface area contributed by atoms with E-state index in [4.69, 9.17) is 5.73 Å². The van der Waals surface area contributed by atoms with Crippen LogP contribution in [0.15, 0.2) is 16.9 Å². The molecule has 1 rings (SSSR count). The number of nitrogens with two attached hydrogens (primary N) is 1. The molecule has 11 heavy (non-hydrogen) atoms. The van der Waals surface area contributed by atoms with Crippen molar-refractivity contribution in [2.75, 3.05) is 0 Å². The van der Waals surface area contributed by atoms with Crippen molar-refractivity contribution >= 4 is 0 Å². The van der Waals surface area contributed by atoms with Crippen molar-refractivity contribution in [1.29, 1.82) is 0 Å². The molecule has 1 heterocycles. The Hall–Kier alpha value is -1.09. The minimum atomic E-state index is -0.0564. The Morgan fingerprint density at radius 3 is 2.82 bits per heavy atom. The van der Waals surface area contributed by atoms with Gasteiger partial charge < -0.3 is 10.7 Å². The van der Waals surface area contributed by atoms with Crippen LogP contribution in [0, 0.1) is 0 Å². The summed E-state index contributed by atoms with van der Waals surface area (Å²) >= 11 is 0. The third-order valence-corrected chi connectivity index (χ3v) is 1.67. The van der Waals surface area contributed by atoms with Gasteiger partial charge in [0, 0.05) is 18.3 Å². The predicted molar refractivity (Wildman–Crippen MR) is 44.3 cm³/mol. The lowest BCUT2D eigenvalue weighted by atomic mass is 10.1. The molecule has 0 atom stereocenters. The van der Waals surface area contributed by atoms with Crippen LogP contribution in [-0.2, 0) is 13.0 Å². The molecule has 0 radical (unpaired) electrons. The average molecular weight is 152 g/mol. The lowest BCUT2D eigenvalue weighted by Crippen LogP contribution is -2.11. The molecule has 0 saturated carbocycles. The van der Waals surface area contributed by atoms with Crippen LogP contribution in [0.2, 0.25) is 0 Å². The van der Waals surface area contributed by atoms with E-state index in [0.29, 0.717) is 6.54 Å². The molecule has 3 heteroatoms. The highest BCUT2D eigenvalue weighted by Crippen LogP contribution is 2.01. The van der Waals surface area contributed by atoms with Gasteiger partial charge in [0.05, 0.1) is 0 Å². The van der Waals surface area contributed by atoms with Crippen LogP contribution in [0.3, 0.4) is 0 Å². The number of aromatic amines is 1. The molecule has 0 aromatic carbocycles. The van der Waals surface area contributed by atoms with Crippen molar-refractivity contribution < 1.29 is 0 Å². The van der Waals surface area contributed by atoms with Crippen molar-refractivity contribution in [3.05, 3.63) is 33.7 Å². The second-order valence-corrected chi connectivity index (χ2v) is 2.38. The van der Waals surface area contributed by atoms with Crippen molar-refractivity contribution in [1.82, 2.24) is 4.98 Å². The zero-order valence-electron chi connectivity index (χ0n) is 6.55. The summed E-state index contributed by atoms with van der Waals surface area (Å²) in [6.45, 7) is 2.48. The van der Waals surface area contributed by atoms with E-state index in [1.54, 1.807) is 6.07 Å². The number of nitrogens with one attached hydrogen (secondary N) is 1. The molecule has 3 N–H and O–H groups in total. The van der Waals surface area contributed by atoms with Gasteiger partial charge in [-0.25, -0.2) is 0 Å². The molecular formula is C8H12N2O. The zero-order valence-corrected chi connectivity index (χ0v) is 6.55. The number of pyridine rings is 1. The SMILES string of the molecule is CCc1[nH]c(=O)ccc1CN. The summed E-state index contributed by atoms with van der Waals surface area (Å²) in [5.41, 5.74) is 7.36. The molecule has 60 valence electrons. The Balaban J connectivity index is 3.16. The Kier molecular flexibility index (Phi) is 2.44. The van der Waals surface area contributed by atoms with E-state index in [1.807, 2.05) is 6.92 Å². The van der Waals surface area contributed by atoms with Crippen LogP contribution in [0.1, 0.15) is 18.2 Å². The summed E-state index contributed by atoms with van der Waals surface area (Å²) < 4.78 is 0. The fourth-order valence-corrected chi connectivity index (χ4v) is 1.05. The summed E-state index contributed by atoms with van der Waals surface area (Å²) in [5.74, 6) is 0. The number of rotatable bonds is 2. The lowest BCUT2D eigenvalue weighted by Gasteiger charge is -2.02. The first-order valence-corrected chi connectivity index (χ1v) is 3.69. The minimum Gasteiger partial charge on any atom is -0.326 e. The first-order valence-electron chi connectivity index (χ1n) is 3.69. The second-order valence-electron chi connectivity index (χ2n) is 2.38. The van der Waals surface area contributed by atoms with E-state index < -0.39 is 0 Å². The molecule has 0 bridgehead atoms.